The number of alkyl halides is 3. The molecule has 2 nitrogen and oxygen atoms in total. The number of aliphatic hydroxyl groups excluding tert-OH is 1. The highest BCUT2D eigenvalue weighted by molar-refractivity contribution is 5.50. The summed E-state index contributed by atoms with van der Waals surface area (Å²) in [5.74, 6) is 0.570. The zero-order chi connectivity index (χ0) is 14.2. The third kappa shape index (κ3) is 2.61. The molecule has 0 aliphatic heterocycles. The van der Waals surface area contributed by atoms with Gasteiger partial charge in [0.2, 0.25) is 0 Å². The summed E-state index contributed by atoms with van der Waals surface area (Å²) in [4.78, 5) is 0. The van der Waals surface area contributed by atoms with Crippen molar-refractivity contribution in [3.63, 3.8) is 0 Å². The van der Waals surface area contributed by atoms with Crippen molar-refractivity contribution in [1.29, 1.82) is 0 Å². The molecular formula is C14H15F3O2. The van der Waals surface area contributed by atoms with Crippen LogP contribution in [-0.4, -0.2) is 24.5 Å². The van der Waals surface area contributed by atoms with Crippen LogP contribution in [0.5, 0.6) is 5.75 Å². The van der Waals surface area contributed by atoms with E-state index in [0.717, 1.165) is 16.7 Å². The van der Waals surface area contributed by atoms with Gasteiger partial charge in [0.15, 0.2) is 6.10 Å². The molecule has 0 saturated heterocycles. The minimum Gasteiger partial charge on any atom is -0.496 e. The molecule has 2 rings (SSSR count). The van der Waals surface area contributed by atoms with Gasteiger partial charge in [-0.2, -0.15) is 13.2 Å². The van der Waals surface area contributed by atoms with Crippen LogP contribution < -0.4 is 4.74 Å². The van der Waals surface area contributed by atoms with Crippen LogP contribution in [0.25, 0.3) is 0 Å². The van der Waals surface area contributed by atoms with E-state index >= 15 is 0 Å². The number of benzene rings is 1. The highest BCUT2D eigenvalue weighted by Gasteiger charge is 2.41. The molecule has 1 aromatic rings. The first kappa shape index (κ1) is 13.9. The van der Waals surface area contributed by atoms with Crippen LogP contribution in [0.4, 0.5) is 13.2 Å². The number of allylic oxidation sites excluding steroid dienone is 1. The van der Waals surface area contributed by atoms with E-state index in [2.05, 4.69) is 0 Å². The largest absolute Gasteiger partial charge is 0.496 e. The van der Waals surface area contributed by atoms with E-state index in [1.807, 2.05) is 13.0 Å². The van der Waals surface area contributed by atoms with Gasteiger partial charge in [0.25, 0.3) is 0 Å². The summed E-state index contributed by atoms with van der Waals surface area (Å²) in [7, 11) is 1.49. The maximum Gasteiger partial charge on any atom is 0.418 e. The Morgan fingerprint density at radius 1 is 1.26 bits per heavy atom. The van der Waals surface area contributed by atoms with E-state index in [4.69, 9.17) is 4.74 Å². The lowest BCUT2D eigenvalue weighted by Crippen LogP contribution is -2.32. The Kier molecular flexibility index (Phi) is 3.58. The number of hydrogen-bond acceptors (Lipinski definition) is 2. The SMILES string of the molecule is COc1ccc(C)c2c1CC(C(O)C(F)(F)F)=CC2. The highest BCUT2D eigenvalue weighted by atomic mass is 19.4. The molecule has 1 aromatic carbocycles. The van der Waals surface area contributed by atoms with Gasteiger partial charge >= 0.3 is 6.18 Å². The van der Waals surface area contributed by atoms with Gasteiger partial charge in [0, 0.05) is 12.0 Å². The maximum absolute atomic E-state index is 12.5. The van der Waals surface area contributed by atoms with Crippen molar-refractivity contribution in [2.45, 2.75) is 32.0 Å². The second kappa shape index (κ2) is 4.89. The summed E-state index contributed by atoms with van der Waals surface area (Å²) >= 11 is 0. The fourth-order valence-corrected chi connectivity index (χ4v) is 2.39. The number of aliphatic hydroxyl groups is 1. The molecule has 0 bridgehead atoms. The second-order valence-corrected chi connectivity index (χ2v) is 4.65. The van der Waals surface area contributed by atoms with Crippen LogP contribution in [0, 0.1) is 6.92 Å². The fourth-order valence-electron chi connectivity index (χ4n) is 2.39. The average molecular weight is 272 g/mol. The zero-order valence-electron chi connectivity index (χ0n) is 10.7. The third-order valence-corrected chi connectivity index (χ3v) is 3.45. The molecule has 104 valence electrons. The van der Waals surface area contributed by atoms with Gasteiger partial charge in [-0.25, -0.2) is 0 Å². The molecule has 1 atom stereocenters. The number of hydrogen-bond donors (Lipinski definition) is 1. The molecule has 0 aromatic heterocycles. The van der Waals surface area contributed by atoms with Crippen molar-refractivity contribution in [2.24, 2.45) is 0 Å². The number of aryl methyl sites for hydroxylation is 1. The van der Waals surface area contributed by atoms with Crippen LogP contribution in [0.2, 0.25) is 0 Å². The van der Waals surface area contributed by atoms with Crippen molar-refractivity contribution in [2.75, 3.05) is 7.11 Å². The summed E-state index contributed by atoms with van der Waals surface area (Å²) in [6.45, 7) is 1.91. The topological polar surface area (TPSA) is 29.5 Å². The molecular weight excluding hydrogens is 257 g/mol. The summed E-state index contributed by atoms with van der Waals surface area (Å²) in [6.07, 6.45) is -5.10. The monoisotopic (exact) mass is 272 g/mol. The number of halogens is 3. The van der Waals surface area contributed by atoms with E-state index in [9.17, 15) is 18.3 Å². The Morgan fingerprint density at radius 3 is 2.53 bits per heavy atom. The van der Waals surface area contributed by atoms with Crippen molar-refractivity contribution < 1.29 is 23.0 Å². The molecule has 0 fully saturated rings. The smallest absolute Gasteiger partial charge is 0.418 e. The predicted octanol–water partition coefficient (Wildman–Crippen LogP) is 2.95. The molecule has 1 aliphatic carbocycles. The summed E-state index contributed by atoms with van der Waals surface area (Å²) in [5.41, 5.74) is 2.73. The van der Waals surface area contributed by atoms with Gasteiger partial charge < -0.3 is 9.84 Å². The Balaban J connectivity index is 2.36. The Bertz CT molecular complexity index is 518. The molecule has 0 radical (unpaired) electrons. The third-order valence-electron chi connectivity index (χ3n) is 3.45. The molecule has 1 unspecified atom stereocenters. The Morgan fingerprint density at radius 2 is 1.95 bits per heavy atom. The van der Waals surface area contributed by atoms with E-state index in [0.29, 0.717) is 12.2 Å². The van der Waals surface area contributed by atoms with Gasteiger partial charge in [-0.3, -0.25) is 0 Å². The fraction of sp³-hybridized carbons (Fsp3) is 0.429. The summed E-state index contributed by atoms with van der Waals surface area (Å²) < 4.78 is 42.8. The number of fused-ring (bicyclic) bond motifs is 1. The van der Waals surface area contributed by atoms with Crippen molar-refractivity contribution in [3.05, 3.63) is 40.5 Å². The molecule has 1 aliphatic rings. The lowest BCUT2D eigenvalue weighted by molar-refractivity contribution is -0.191. The minimum atomic E-state index is -4.62. The van der Waals surface area contributed by atoms with Gasteiger partial charge in [0.1, 0.15) is 5.75 Å². The van der Waals surface area contributed by atoms with Crippen molar-refractivity contribution in [1.82, 2.24) is 0 Å². The van der Waals surface area contributed by atoms with Crippen LogP contribution in [-0.2, 0) is 12.8 Å². The standard InChI is InChI=1S/C14H15F3O2/c1-8-3-6-12(19-2)11-7-9(4-5-10(8)11)13(18)14(15,16)17/h3-4,6,13,18H,5,7H2,1-2H3. The number of methoxy groups -OCH3 is 1. The van der Waals surface area contributed by atoms with Crippen LogP contribution in [0.1, 0.15) is 16.7 Å². The van der Waals surface area contributed by atoms with Crippen molar-refractivity contribution >= 4 is 0 Å². The maximum atomic E-state index is 12.5. The lowest BCUT2D eigenvalue weighted by atomic mass is 9.86. The van der Waals surface area contributed by atoms with Crippen LogP contribution >= 0.6 is 0 Å². The first-order valence-electron chi connectivity index (χ1n) is 5.93. The quantitative estimate of drug-likeness (QED) is 0.839. The summed E-state index contributed by atoms with van der Waals surface area (Å²) in [6, 6.07) is 3.63. The zero-order valence-corrected chi connectivity index (χ0v) is 10.7. The Labute approximate surface area is 109 Å². The molecule has 0 heterocycles. The molecule has 0 saturated carbocycles. The Hall–Kier alpha value is -1.49. The van der Waals surface area contributed by atoms with Crippen LogP contribution in [0.15, 0.2) is 23.8 Å². The van der Waals surface area contributed by atoms with Crippen LogP contribution in [0.3, 0.4) is 0 Å². The van der Waals surface area contributed by atoms with E-state index in [-0.39, 0.29) is 12.0 Å². The summed E-state index contributed by atoms with van der Waals surface area (Å²) in [5, 5.41) is 9.33. The predicted molar refractivity (Wildman–Crippen MR) is 65.3 cm³/mol. The first-order valence-corrected chi connectivity index (χ1v) is 5.93. The van der Waals surface area contributed by atoms with Gasteiger partial charge in [-0.1, -0.05) is 12.1 Å². The van der Waals surface area contributed by atoms with Crippen molar-refractivity contribution in [3.8, 4) is 5.75 Å². The average Bonchev–Trinajstić information content (AvgIpc) is 2.37. The number of ether oxygens (including phenoxy) is 1. The number of rotatable bonds is 2. The van der Waals surface area contributed by atoms with E-state index in [1.54, 1.807) is 6.07 Å². The first-order chi connectivity index (χ1) is 8.84. The lowest BCUT2D eigenvalue weighted by Gasteiger charge is -2.25. The van der Waals surface area contributed by atoms with Gasteiger partial charge in [-0.15, -0.1) is 0 Å². The molecule has 1 N–H and O–H groups in total. The second-order valence-electron chi connectivity index (χ2n) is 4.65. The highest BCUT2D eigenvalue weighted by Crippen LogP contribution is 2.35. The van der Waals surface area contributed by atoms with E-state index < -0.39 is 12.3 Å². The van der Waals surface area contributed by atoms with Gasteiger partial charge in [-0.05, 0) is 36.1 Å². The molecule has 0 amide bonds. The molecule has 5 heteroatoms. The van der Waals surface area contributed by atoms with E-state index in [1.165, 1.54) is 13.2 Å². The van der Waals surface area contributed by atoms with Gasteiger partial charge in [0.05, 0.1) is 7.11 Å². The molecule has 0 spiro atoms. The minimum absolute atomic E-state index is 0.0103. The normalized spacial score (nSPS) is 16.6. The molecule has 19 heavy (non-hydrogen) atoms.